The number of hydrogen-bond acceptors (Lipinski definition) is 3. The van der Waals surface area contributed by atoms with E-state index in [0.717, 1.165) is 32.6 Å². The molecule has 3 aromatic rings. The molecule has 0 saturated carbocycles. The Kier molecular flexibility index (Phi) is 5.42. The fourth-order valence-corrected chi connectivity index (χ4v) is 5.09. The fraction of sp³-hybridized carbons (Fsp3) is 0.346. The highest BCUT2D eigenvalue weighted by Crippen LogP contribution is 2.32. The van der Waals surface area contributed by atoms with E-state index in [4.69, 9.17) is 0 Å². The molecular weight excluding hydrogens is 354 g/mol. The molecule has 2 aromatic carbocycles. The smallest absolute Gasteiger partial charge is 0.0601 e. The zero-order valence-electron chi connectivity index (χ0n) is 17.0. The summed E-state index contributed by atoms with van der Waals surface area (Å²) < 4.78 is 0. The molecule has 3 nitrogen and oxygen atoms in total. The first kappa shape index (κ1) is 18.5. The Morgan fingerprint density at radius 3 is 2.07 bits per heavy atom. The van der Waals surface area contributed by atoms with Gasteiger partial charge in [0.1, 0.15) is 0 Å². The Labute approximate surface area is 174 Å². The van der Waals surface area contributed by atoms with Gasteiger partial charge in [-0.05, 0) is 35.6 Å². The number of nitrogens with zero attached hydrogens (tertiary/aromatic N) is 3. The van der Waals surface area contributed by atoms with Gasteiger partial charge in [-0.1, -0.05) is 66.7 Å². The Balaban J connectivity index is 1.30. The summed E-state index contributed by atoms with van der Waals surface area (Å²) in [6.45, 7) is 4.51. The maximum Gasteiger partial charge on any atom is 0.0601 e. The van der Waals surface area contributed by atoms with Crippen LogP contribution in [0, 0.1) is 0 Å². The van der Waals surface area contributed by atoms with Crippen LogP contribution in [-0.2, 0) is 13.0 Å². The van der Waals surface area contributed by atoms with Crippen LogP contribution in [0.25, 0.3) is 0 Å². The van der Waals surface area contributed by atoms with Gasteiger partial charge in [0.2, 0.25) is 0 Å². The third-order valence-electron chi connectivity index (χ3n) is 6.61. The molecule has 2 aliphatic rings. The van der Waals surface area contributed by atoms with E-state index in [1.165, 1.54) is 35.2 Å². The molecule has 0 unspecified atom stereocenters. The van der Waals surface area contributed by atoms with E-state index in [2.05, 4.69) is 87.6 Å². The fourth-order valence-electron chi connectivity index (χ4n) is 5.09. The van der Waals surface area contributed by atoms with E-state index < -0.39 is 0 Å². The van der Waals surface area contributed by atoms with Crippen LogP contribution in [0.3, 0.4) is 0 Å². The SMILES string of the molecule is c1ccc(C(c2ccccc2)N2CCC(N3CCc4ncccc4C3)CC2)cc1. The predicted molar refractivity (Wildman–Crippen MR) is 118 cm³/mol. The highest BCUT2D eigenvalue weighted by Gasteiger charge is 2.31. The van der Waals surface area contributed by atoms with Crippen molar-refractivity contribution in [1.82, 2.24) is 14.8 Å². The zero-order chi connectivity index (χ0) is 19.5. The van der Waals surface area contributed by atoms with Gasteiger partial charge >= 0.3 is 0 Å². The van der Waals surface area contributed by atoms with Gasteiger partial charge in [-0.15, -0.1) is 0 Å². The van der Waals surface area contributed by atoms with Crippen molar-refractivity contribution in [2.45, 2.75) is 37.9 Å². The molecule has 1 fully saturated rings. The van der Waals surface area contributed by atoms with Crippen molar-refractivity contribution in [3.8, 4) is 0 Å². The number of likely N-dealkylation sites (tertiary alicyclic amines) is 1. The van der Waals surface area contributed by atoms with Crippen molar-refractivity contribution in [3.05, 3.63) is 101 Å². The quantitative estimate of drug-likeness (QED) is 0.651. The van der Waals surface area contributed by atoms with E-state index in [-0.39, 0.29) is 0 Å². The lowest BCUT2D eigenvalue weighted by Gasteiger charge is -2.43. The van der Waals surface area contributed by atoms with Crippen LogP contribution in [0.2, 0.25) is 0 Å². The molecule has 0 spiro atoms. The van der Waals surface area contributed by atoms with Crippen molar-refractivity contribution < 1.29 is 0 Å². The average Bonchev–Trinajstić information content (AvgIpc) is 2.81. The summed E-state index contributed by atoms with van der Waals surface area (Å²) in [4.78, 5) is 9.94. The highest BCUT2D eigenvalue weighted by molar-refractivity contribution is 5.32. The standard InChI is InChI=1S/C26H29N3/c1-3-8-21(9-4-1)26(22-10-5-2-6-11-22)28-17-13-24(14-18-28)29-19-15-25-23(20-29)12-7-16-27-25/h1-12,16,24,26H,13-15,17-20H2. The minimum Gasteiger partial charge on any atom is -0.296 e. The van der Waals surface area contributed by atoms with Gasteiger partial charge in [-0.3, -0.25) is 14.8 Å². The second kappa shape index (κ2) is 8.48. The van der Waals surface area contributed by atoms with E-state index in [1.807, 2.05) is 6.20 Å². The van der Waals surface area contributed by atoms with E-state index in [9.17, 15) is 0 Å². The van der Waals surface area contributed by atoms with Gasteiger partial charge in [0.25, 0.3) is 0 Å². The van der Waals surface area contributed by atoms with Gasteiger partial charge in [0, 0.05) is 50.5 Å². The molecule has 0 atom stereocenters. The molecule has 0 amide bonds. The van der Waals surface area contributed by atoms with E-state index in [0.29, 0.717) is 12.1 Å². The number of fused-ring (bicyclic) bond motifs is 1. The van der Waals surface area contributed by atoms with Crippen LogP contribution < -0.4 is 0 Å². The van der Waals surface area contributed by atoms with E-state index in [1.54, 1.807) is 0 Å². The monoisotopic (exact) mass is 383 g/mol. The molecule has 148 valence electrons. The van der Waals surface area contributed by atoms with E-state index >= 15 is 0 Å². The molecule has 0 aliphatic carbocycles. The van der Waals surface area contributed by atoms with Gasteiger partial charge in [0.15, 0.2) is 0 Å². The van der Waals surface area contributed by atoms with Crippen LogP contribution in [-0.4, -0.2) is 40.5 Å². The van der Waals surface area contributed by atoms with Gasteiger partial charge in [-0.25, -0.2) is 0 Å². The van der Waals surface area contributed by atoms with Crippen LogP contribution in [0.1, 0.15) is 41.3 Å². The van der Waals surface area contributed by atoms with Crippen LogP contribution in [0.15, 0.2) is 79.0 Å². The minimum absolute atomic E-state index is 0.352. The first-order chi connectivity index (χ1) is 14.4. The molecule has 5 rings (SSSR count). The van der Waals surface area contributed by atoms with Gasteiger partial charge < -0.3 is 0 Å². The number of piperidine rings is 1. The highest BCUT2D eigenvalue weighted by atomic mass is 15.2. The van der Waals surface area contributed by atoms with Crippen molar-refractivity contribution in [2.75, 3.05) is 19.6 Å². The Bertz CT molecular complexity index is 877. The predicted octanol–water partition coefficient (Wildman–Crippen LogP) is 4.69. The van der Waals surface area contributed by atoms with Gasteiger partial charge in [0.05, 0.1) is 6.04 Å². The topological polar surface area (TPSA) is 19.4 Å². The maximum absolute atomic E-state index is 4.57. The summed E-state index contributed by atoms with van der Waals surface area (Å²) in [6, 6.07) is 27.4. The number of hydrogen-bond donors (Lipinski definition) is 0. The first-order valence-corrected chi connectivity index (χ1v) is 10.9. The molecule has 0 radical (unpaired) electrons. The second-order valence-electron chi connectivity index (χ2n) is 8.32. The third-order valence-corrected chi connectivity index (χ3v) is 6.61. The first-order valence-electron chi connectivity index (χ1n) is 10.9. The van der Waals surface area contributed by atoms with Crippen LogP contribution in [0.5, 0.6) is 0 Å². The summed E-state index contributed by atoms with van der Waals surface area (Å²) >= 11 is 0. The molecule has 0 N–H and O–H groups in total. The Morgan fingerprint density at radius 1 is 0.759 bits per heavy atom. The molecule has 29 heavy (non-hydrogen) atoms. The van der Waals surface area contributed by atoms with Crippen molar-refractivity contribution in [2.24, 2.45) is 0 Å². The molecule has 3 heteroatoms. The number of benzene rings is 2. The summed E-state index contributed by atoms with van der Waals surface area (Å²) in [5.74, 6) is 0. The summed E-state index contributed by atoms with van der Waals surface area (Å²) in [6.07, 6.45) is 5.50. The molecule has 1 aromatic heterocycles. The van der Waals surface area contributed by atoms with Crippen molar-refractivity contribution >= 4 is 0 Å². The molecule has 1 saturated heterocycles. The normalized spacial score (nSPS) is 18.7. The molecule has 3 heterocycles. The lowest BCUT2D eigenvalue weighted by molar-refractivity contribution is 0.0838. The Hall–Kier alpha value is -2.49. The second-order valence-corrected chi connectivity index (χ2v) is 8.32. The summed E-state index contributed by atoms with van der Waals surface area (Å²) in [5.41, 5.74) is 5.52. The van der Waals surface area contributed by atoms with Crippen LogP contribution >= 0.6 is 0 Å². The average molecular weight is 384 g/mol. The van der Waals surface area contributed by atoms with Crippen LogP contribution in [0.4, 0.5) is 0 Å². The van der Waals surface area contributed by atoms with Gasteiger partial charge in [-0.2, -0.15) is 0 Å². The molecule has 0 bridgehead atoms. The zero-order valence-corrected chi connectivity index (χ0v) is 17.0. The van der Waals surface area contributed by atoms with Crippen molar-refractivity contribution in [1.29, 1.82) is 0 Å². The maximum atomic E-state index is 4.57. The minimum atomic E-state index is 0.352. The number of aromatic nitrogens is 1. The largest absolute Gasteiger partial charge is 0.296 e. The van der Waals surface area contributed by atoms with Crippen molar-refractivity contribution in [3.63, 3.8) is 0 Å². The molecular formula is C26H29N3. The Morgan fingerprint density at radius 2 is 1.41 bits per heavy atom. The summed E-state index contributed by atoms with van der Waals surface area (Å²) in [7, 11) is 0. The number of rotatable bonds is 4. The lowest BCUT2D eigenvalue weighted by Crippen LogP contribution is -2.47. The lowest BCUT2D eigenvalue weighted by atomic mass is 9.92. The third kappa shape index (κ3) is 3.98. The molecule has 2 aliphatic heterocycles. The summed E-state index contributed by atoms with van der Waals surface area (Å²) in [5, 5.41) is 0. The number of pyridine rings is 1.